The molecule has 0 amide bonds. The molecule has 0 aromatic carbocycles. The first-order chi connectivity index (χ1) is 9.28. The van der Waals surface area contributed by atoms with Gasteiger partial charge >= 0.3 is 144 Å². The second-order valence-electron chi connectivity index (χ2n) is 4.61. The van der Waals surface area contributed by atoms with Crippen molar-refractivity contribution in [3.05, 3.63) is 0 Å². The Labute approximate surface area is 142 Å². The van der Waals surface area contributed by atoms with E-state index in [1.54, 1.807) is 0 Å². The Kier molecular flexibility index (Phi) is 9.51. The van der Waals surface area contributed by atoms with Crippen LogP contribution in [0.15, 0.2) is 0 Å². The molecule has 0 saturated carbocycles. The molecule has 2 unspecified atom stereocenters. The summed E-state index contributed by atoms with van der Waals surface area (Å²) >= 11 is 2.32. The molecule has 19 heavy (non-hydrogen) atoms. The summed E-state index contributed by atoms with van der Waals surface area (Å²) in [5.74, 6) is 5.64. The van der Waals surface area contributed by atoms with E-state index < -0.39 is 12.8 Å². The summed E-state index contributed by atoms with van der Waals surface area (Å²) < 4.78 is 1.92. The van der Waals surface area contributed by atoms with Crippen LogP contribution in [0.1, 0.15) is 39.5 Å². The fraction of sp³-hybridized carbons (Fsp3) is 1.00. The van der Waals surface area contributed by atoms with E-state index in [0.29, 0.717) is 0 Å². The summed E-state index contributed by atoms with van der Waals surface area (Å²) in [6.07, 6.45) is 5.66. The van der Waals surface area contributed by atoms with Gasteiger partial charge in [-0.2, -0.15) is 0 Å². The number of hydrogen-bond acceptors (Lipinski definition) is 6. The number of thioether (sulfide) groups is 2. The first-order valence-electron chi connectivity index (χ1n) is 7.14. The zero-order valence-corrected chi connectivity index (χ0v) is 19.5. The minimum absolute atomic E-state index is 0.960. The summed E-state index contributed by atoms with van der Waals surface area (Å²) in [6.45, 7) is 4.69. The Morgan fingerprint density at radius 2 is 1.32 bits per heavy atom. The van der Waals surface area contributed by atoms with Gasteiger partial charge in [-0.15, -0.1) is 0 Å². The normalized spacial score (nSPS) is 26.8. The molecule has 2 saturated heterocycles. The molecule has 0 N–H and O–H groups in total. The second-order valence-corrected chi connectivity index (χ2v) is 49.5. The standard InChI is InChI=1S/2C3H6S2.2C3H8S.Sn/c2*4-3-1-2-5-3;2*1-2-3-4;/h2*3-4H,1-2H2;2*4H,2-3H2,1H3;/q;;;;+4/p-4. The molecule has 7 heteroatoms. The first-order valence-corrected chi connectivity index (χ1v) is 27.0. The molecular formula is C12H24S6Sn. The van der Waals surface area contributed by atoms with Crippen LogP contribution in [-0.2, 0) is 0 Å². The van der Waals surface area contributed by atoms with Crippen molar-refractivity contribution >= 4 is 72.2 Å². The van der Waals surface area contributed by atoms with Gasteiger partial charge < -0.3 is 0 Å². The van der Waals surface area contributed by atoms with Crippen LogP contribution in [0.5, 0.6) is 0 Å². The van der Waals surface area contributed by atoms with Crippen LogP contribution in [0.25, 0.3) is 0 Å². The third-order valence-electron chi connectivity index (χ3n) is 2.83. The predicted molar refractivity (Wildman–Crippen MR) is 108 cm³/mol. The molecule has 112 valence electrons. The van der Waals surface area contributed by atoms with Gasteiger partial charge in [0.1, 0.15) is 0 Å². The second kappa shape index (κ2) is 9.91. The van der Waals surface area contributed by atoms with E-state index in [9.17, 15) is 0 Å². The average Bonchev–Trinajstić information content (AvgIpc) is 2.33. The van der Waals surface area contributed by atoms with Crippen LogP contribution in [-0.4, -0.2) is 45.0 Å². The molecule has 0 radical (unpaired) electrons. The monoisotopic (exact) mass is 480 g/mol. The molecule has 2 rings (SSSR count). The Bertz CT molecular complexity index is 231. The van der Waals surface area contributed by atoms with E-state index in [0.717, 1.165) is 9.16 Å². The molecule has 0 aliphatic carbocycles. The molecule has 0 bridgehead atoms. The third kappa shape index (κ3) is 6.13. The Morgan fingerprint density at radius 3 is 1.58 bits per heavy atom. The van der Waals surface area contributed by atoms with Crippen LogP contribution in [0.4, 0.5) is 0 Å². The van der Waals surface area contributed by atoms with E-state index >= 15 is 0 Å². The van der Waals surface area contributed by atoms with E-state index in [4.69, 9.17) is 0 Å². The van der Waals surface area contributed by atoms with E-state index in [2.05, 4.69) is 73.2 Å². The minimum atomic E-state index is -2.13. The van der Waals surface area contributed by atoms with Gasteiger partial charge in [0.25, 0.3) is 0 Å². The van der Waals surface area contributed by atoms with Crippen molar-refractivity contribution in [2.24, 2.45) is 0 Å². The van der Waals surface area contributed by atoms with Gasteiger partial charge in [0.2, 0.25) is 0 Å². The van der Waals surface area contributed by atoms with Crippen molar-refractivity contribution in [2.75, 3.05) is 23.0 Å². The average molecular weight is 479 g/mol. The fourth-order valence-corrected chi connectivity index (χ4v) is 74.2. The molecule has 0 aromatic heterocycles. The van der Waals surface area contributed by atoms with E-state index in [1.165, 1.54) is 48.7 Å². The first kappa shape index (κ1) is 18.2. The van der Waals surface area contributed by atoms with Crippen molar-refractivity contribution in [1.82, 2.24) is 0 Å². The van der Waals surface area contributed by atoms with Gasteiger partial charge in [-0.3, -0.25) is 0 Å². The summed E-state index contributed by atoms with van der Waals surface area (Å²) in [7, 11) is 9.84. The van der Waals surface area contributed by atoms with Gasteiger partial charge in [-0.1, -0.05) is 0 Å². The molecule has 2 heterocycles. The molecule has 0 spiro atoms. The zero-order valence-electron chi connectivity index (χ0n) is 11.8. The van der Waals surface area contributed by atoms with E-state index in [-0.39, 0.29) is 0 Å². The summed E-state index contributed by atoms with van der Waals surface area (Å²) in [5, 5.41) is 0. The van der Waals surface area contributed by atoms with Gasteiger partial charge in [-0.25, -0.2) is 0 Å². The van der Waals surface area contributed by atoms with Crippen molar-refractivity contribution in [1.29, 1.82) is 0 Å². The Hall–Kier alpha value is 2.90. The SMILES string of the molecule is CCC[S][Sn]([S]CCC)([S]C1CCS1)[S]C1CCS1. The quantitative estimate of drug-likeness (QED) is 0.345. The van der Waals surface area contributed by atoms with Crippen LogP contribution in [0, 0.1) is 0 Å². The molecule has 0 nitrogen and oxygen atoms in total. The van der Waals surface area contributed by atoms with Crippen molar-refractivity contribution < 1.29 is 0 Å². The Balaban J connectivity index is 1.94. The predicted octanol–water partition coefficient (Wildman–Crippen LogP) is 6.10. The van der Waals surface area contributed by atoms with Crippen LogP contribution < -0.4 is 0 Å². The molecule has 2 aliphatic heterocycles. The van der Waals surface area contributed by atoms with Gasteiger partial charge in [-0.05, 0) is 0 Å². The zero-order chi connectivity index (χ0) is 13.6. The van der Waals surface area contributed by atoms with Gasteiger partial charge in [0, 0.05) is 0 Å². The number of rotatable bonds is 10. The molecule has 2 aliphatic rings. The molecule has 2 fully saturated rings. The van der Waals surface area contributed by atoms with Crippen LogP contribution in [0.3, 0.4) is 0 Å². The van der Waals surface area contributed by atoms with Crippen LogP contribution >= 0.6 is 59.3 Å². The number of hydrogen-bond donors (Lipinski definition) is 0. The van der Waals surface area contributed by atoms with Gasteiger partial charge in [0.05, 0.1) is 0 Å². The summed E-state index contributed by atoms with van der Waals surface area (Å²) in [5.41, 5.74) is 0. The van der Waals surface area contributed by atoms with E-state index in [1.807, 2.05) is 0 Å². The maximum atomic E-state index is 2.48. The topological polar surface area (TPSA) is 0 Å². The third-order valence-corrected chi connectivity index (χ3v) is 58.0. The van der Waals surface area contributed by atoms with Crippen LogP contribution in [0.2, 0.25) is 0 Å². The molecule has 0 aromatic rings. The Morgan fingerprint density at radius 1 is 0.895 bits per heavy atom. The maximum absolute atomic E-state index is 2.48. The summed E-state index contributed by atoms with van der Waals surface area (Å²) in [6, 6.07) is 0. The van der Waals surface area contributed by atoms with Gasteiger partial charge in [0.15, 0.2) is 0 Å². The molecular weight excluding hydrogens is 455 g/mol. The molecule has 2 atom stereocenters. The van der Waals surface area contributed by atoms with Crippen molar-refractivity contribution in [3.8, 4) is 0 Å². The summed E-state index contributed by atoms with van der Waals surface area (Å²) in [4.78, 5) is 0. The van der Waals surface area contributed by atoms with Crippen molar-refractivity contribution in [2.45, 2.75) is 48.7 Å². The fourth-order valence-electron chi connectivity index (χ4n) is 1.60. The van der Waals surface area contributed by atoms with Crippen molar-refractivity contribution in [3.63, 3.8) is 0 Å².